The molecule has 0 N–H and O–H groups in total. The monoisotopic (exact) mass is 228 g/mol. The molecule has 0 saturated heterocycles. The molecule has 0 aliphatic carbocycles. The molecule has 0 rings (SSSR count). The number of rotatable bonds is 6. The summed E-state index contributed by atoms with van der Waals surface area (Å²) in [5, 5.41) is 0. The van der Waals surface area contributed by atoms with Crippen LogP contribution in [0.25, 0.3) is 0 Å². The first-order valence-electron chi connectivity index (χ1n) is 5.00. The third kappa shape index (κ3) is 6.73. The number of esters is 2. The maximum atomic E-state index is 11.3. The van der Waals surface area contributed by atoms with Crippen molar-refractivity contribution in [2.24, 2.45) is 5.92 Å². The molecular weight excluding hydrogens is 208 g/mol. The van der Waals surface area contributed by atoms with Crippen molar-refractivity contribution in [3.63, 3.8) is 0 Å². The average Bonchev–Trinajstić information content (AvgIpc) is 2.14. The molecule has 0 radical (unpaired) electrons. The van der Waals surface area contributed by atoms with Crippen LogP contribution in [-0.4, -0.2) is 48.2 Å². The van der Waals surface area contributed by atoms with Gasteiger partial charge in [-0.25, -0.2) is 0 Å². The number of carbonyl (C=O) groups is 2. The summed E-state index contributed by atoms with van der Waals surface area (Å²) in [6.07, 6.45) is 1.24. The van der Waals surface area contributed by atoms with Crippen molar-refractivity contribution in [1.29, 1.82) is 0 Å². The molecular formula is C10H20MgO4. The van der Waals surface area contributed by atoms with Gasteiger partial charge in [0.15, 0.2) is 5.92 Å². The van der Waals surface area contributed by atoms with Crippen molar-refractivity contribution in [3.8, 4) is 0 Å². The van der Waals surface area contributed by atoms with Gasteiger partial charge in [-0.3, -0.25) is 9.59 Å². The van der Waals surface area contributed by atoms with Crippen LogP contribution in [0.5, 0.6) is 0 Å². The summed E-state index contributed by atoms with van der Waals surface area (Å²) >= 11 is 0. The first-order valence-corrected chi connectivity index (χ1v) is 5.00. The van der Waals surface area contributed by atoms with E-state index in [1.54, 1.807) is 13.8 Å². The molecule has 0 unspecified atom stereocenters. The molecule has 0 amide bonds. The van der Waals surface area contributed by atoms with Gasteiger partial charge < -0.3 is 12.3 Å². The van der Waals surface area contributed by atoms with E-state index in [0.717, 1.165) is 6.42 Å². The molecule has 0 aliphatic rings. The second-order valence-electron chi connectivity index (χ2n) is 2.85. The van der Waals surface area contributed by atoms with Gasteiger partial charge in [0, 0.05) is 0 Å². The molecule has 0 aromatic rings. The van der Waals surface area contributed by atoms with Gasteiger partial charge in [0.25, 0.3) is 0 Å². The van der Waals surface area contributed by atoms with Crippen molar-refractivity contribution < 1.29 is 21.9 Å². The predicted octanol–water partition coefficient (Wildman–Crippen LogP) is 1.37. The molecule has 86 valence electrons. The standard InChI is InChI=1S/C10H18O4.Mg.2H/c1-4-7-8(9(11)13-5-2)10(12)14-6-3;;;/h8H,4-7H2,1-3H3;;;/q;+2;2*-1. The van der Waals surface area contributed by atoms with Gasteiger partial charge in [-0.2, -0.15) is 0 Å². The van der Waals surface area contributed by atoms with E-state index in [2.05, 4.69) is 0 Å². The Labute approximate surface area is 110 Å². The Kier molecular flexibility index (Phi) is 11.7. The van der Waals surface area contributed by atoms with Gasteiger partial charge in [-0.15, -0.1) is 0 Å². The maximum absolute atomic E-state index is 11.3. The van der Waals surface area contributed by atoms with Crippen LogP contribution in [0.4, 0.5) is 0 Å². The number of carbonyl (C=O) groups excluding carboxylic acids is 2. The molecule has 0 fully saturated rings. The van der Waals surface area contributed by atoms with Gasteiger partial charge >= 0.3 is 35.0 Å². The number of ether oxygens (including phenoxy) is 2. The van der Waals surface area contributed by atoms with Gasteiger partial charge in [0.2, 0.25) is 0 Å². The topological polar surface area (TPSA) is 52.6 Å². The Morgan fingerprint density at radius 1 is 1.07 bits per heavy atom. The molecule has 0 spiro atoms. The summed E-state index contributed by atoms with van der Waals surface area (Å²) in [5.41, 5.74) is 0. The van der Waals surface area contributed by atoms with Crippen molar-refractivity contribution in [2.45, 2.75) is 33.6 Å². The van der Waals surface area contributed by atoms with Crippen molar-refractivity contribution in [2.75, 3.05) is 13.2 Å². The Hall–Kier alpha value is -0.294. The molecule has 0 atom stereocenters. The molecule has 0 aromatic heterocycles. The quantitative estimate of drug-likeness (QED) is 0.391. The zero-order chi connectivity index (χ0) is 11.0. The Morgan fingerprint density at radius 2 is 1.47 bits per heavy atom. The Bertz CT molecular complexity index is 185. The van der Waals surface area contributed by atoms with Crippen LogP contribution >= 0.6 is 0 Å². The van der Waals surface area contributed by atoms with E-state index >= 15 is 0 Å². The van der Waals surface area contributed by atoms with Crippen LogP contribution < -0.4 is 0 Å². The third-order valence-corrected chi connectivity index (χ3v) is 1.72. The molecule has 0 aliphatic heterocycles. The normalized spacial score (nSPS) is 9.33. The molecule has 0 heterocycles. The SMILES string of the molecule is CCCC(C(=O)OCC)C(=O)OCC.[H-].[H-].[Mg+2]. The summed E-state index contributed by atoms with van der Waals surface area (Å²) in [6, 6.07) is 0. The minimum absolute atomic E-state index is 0. The van der Waals surface area contributed by atoms with Crippen LogP contribution in [0.15, 0.2) is 0 Å². The second-order valence-corrected chi connectivity index (χ2v) is 2.85. The third-order valence-electron chi connectivity index (χ3n) is 1.72. The van der Waals surface area contributed by atoms with Crippen molar-refractivity contribution >= 4 is 35.0 Å². The van der Waals surface area contributed by atoms with Crippen LogP contribution in [0.1, 0.15) is 36.5 Å². The second kappa shape index (κ2) is 10.2. The van der Waals surface area contributed by atoms with E-state index in [9.17, 15) is 9.59 Å². The van der Waals surface area contributed by atoms with E-state index in [1.807, 2.05) is 6.92 Å². The maximum Gasteiger partial charge on any atom is 2.00 e. The minimum atomic E-state index is -0.750. The van der Waals surface area contributed by atoms with Gasteiger partial charge in [0.05, 0.1) is 13.2 Å². The number of hydrogen-bond acceptors (Lipinski definition) is 4. The summed E-state index contributed by atoms with van der Waals surface area (Å²) in [5.74, 6) is -1.71. The Balaban J connectivity index is -0.000000282. The smallest absolute Gasteiger partial charge is 1.00 e. The molecule has 5 heteroatoms. The zero-order valence-electron chi connectivity index (χ0n) is 11.7. The molecule has 0 bridgehead atoms. The fraction of sp³-hybridized carbons (Fsp3) is 0.800. The summed E-state index contributed by atoms with van der Waals surface area (Å²) in [4.78, 5) is 22.7. The van der Waals surface area contributed by atoms with Crippen molar-refractivity contribution in [1.82, 2.24) is 0 Å². The summed E-state index contributed by atoms with van der Waals surface area (Å²) in [7, 11) is 0. The summed E-state index contributed by atoms with van der Waals surface area (Å²) < 4.78 is 9.57. The number of hydrogen-bond donors (Lipinski definition) is 0. The minimum Gasteiger partial charge on any atom is -1.00 e. The average molecular weight is 229 g/mol. The molecule has 15 heavy (non-hydrogen) atoms. The molecule has 0 aromatic carbocycles. The fourth-order valence-corrected chi connectivity index (χ4v) is 1.11. The predicted molar refractivity (Wildman–Crippen MR) is 59.6 cm³/mol. The van der Waals surface area contributed by atoms with Crippen molar-refractivity contribution in [3.05, 3.63) is 0 Å². The van der Waals surface area contributed by atoms with Crippen LogP contribution in [0, 0.1) is 5.92 Å². The van der Waals surface area contributed by atoms with E-state index in [-0.39, 0.29) is 25.9 Å². The summed E-state index contributed by atoms with van der Waals surface area (Å²) in [6.45, 7) is 5.92. The van der Waals surface area contributed by atoms with E-state index in [1.165, 1.54) is 0 Å². The van der Waals surface area contributed by atoms with Gasteiger partial charge in [-0.1, -0.05) is 13.3 Å². The van der Waals surface area contributed by atoms with Crippen LogP contribution in [0.2, 0.25) is 0 Å². The molecule has 4 nitrogen and oxygen atoms in total. The Morgan fingerprint density at radius 3 is 1.73 bits per heavy atom. The largest absolute Gasteiger partial charge is 2.00 e. The van der Waals surface area contributed by atoms with Crippen LogP contribution in [-0.2, 0) is 19.1 Å². The van der Waals surface area contributed by atoms with Gasteiger partial charge in [-0.05, 0) is 20.3 Å². The van der Waals surface area contributed by atoms with E-state index in [0.29, 0.717) is 19.6 Å². The first kappa shape index (κ1) is 17.1. The van der Waals surface area contributed by atoms with Crippen LogP contribution in [0.3, 0.4) is 0 Å². The van der Waals surface area contributed by atoms with Gasteiger partial charge in [0.1, 0.15) is 0 Å². The van der Waals surface area contributed by atoms with E-state index in [4.69, 9.17) is 9.47 Å². The van der Waals surface area contributed by atoms with E-state index < -0.39 is 17.9 Å². The zero-order valence-corrected chi connectivity index (χ0v) is 11.2. The fourth-order valence-electron chi connectivity index (χ4n) is 1.11. The first-order chi connectivity index (χ1) is 6.67. The molecule has 0 saturated carbocycles.